The van der Waals surface area contributed by atoms with Crippen LogP contribution in [0, 0.1) is 0 Å². The molecule has 6 heteroatoms. The molecule has 0 aliphatic heterocycles. The van der Waals surface area contributed by atoms with Crippen molar-refractivity contribution in [3.63, 3.8) is 0 Å². The lowest BCUT2D eigenvalue weighted by Gasteiger charge is -2.08. The molecule has 0 unspecified atom stereocenters. The molecular weight excluding hydrogens is 230 g/mol. The zero-order chi connectivity index (χ0) is 12.5. The van der Waals surface area contributed by atoms with Gasteiger partial charge in [-0.15, -0.1) is 0 Å². The van der Waals surface area contributed by atoms with Gasteiger partial charge in [0, 0.05) is 5.56 Å². The van der Waals surface area contributed by atoms with Gasteiger partial charge in [0.15, 0.2) is 5.65 Å². The van der Waals surface area contributed by atoms with Gasteiger partial charge in [0.1, 0.15) is 5.75 Å². The van der Waals surface area contributed by atoms with Crippen molar-refractivity contribution >= 4 is 17.0 Å². The monoisotopic (exact) mass is 241 g/mol. The van der Waals surface area contributed by atoms with Gasteiger partial charge in [0.2, 0.25) is 5.95 Å². The summed E-state index contributed by atoms with van der Waals surface area (Å²) in [6.45, 7) is 0. The van der Waals surface area contributed by atoms with Crippen LogP contribution in [0.5, 0.6) is 5.75 Å². The largest absolute Gasteiger partial charge is 0.496 e. The summed E-state index contributed by atoms with van der Waals surface area (Å²) in [5.74, 6) is 0.936. The average Bonchev–Trinajstić information content (AvgIpc) is 2.85. The van der Waals surface area contributed by atoms with E-state index in [0.29, 0.717) is 11.3 Å². The molecule has 0 aliphatic carbocycles. The van der Waals surface area contributed by atoms with Crippen molar-refractivity contribution in [3.05, 3.63) is 30.5 Å². The zero-order valence-electron chi connectivity index (χ0n) is 9.71. The number of aromatic amines is 1. The number of nitrogen functional groups attached to an aromatic ring is 1. The first-order valence-electron chi connectivity index (χ1n) is 5.39. The van der Waals surface area contributed by atoms with Crippen molar-refractivity contribution in [1.29, 1.82) is 0 Å². The summed E-state index contributed by atoms with van der Waals surface area (Å²) in [4.78, 5) is 8.36. The predicted octanol–water partition coefficient (Wildman–Crippen LogP) is 1.61. The predicted molar refractivity (Wildman–Crippen MR) is 68.1 cm³/mol. The van der Waals surface area contributed by atoms with Crippen LogP contribution in [-0.4, -0.2) is 27.3 Å². The highest BCUT2D eigenvalue weighted by atomic mass is 16.5. The fourth-order valence-corrected chi connectivity index (χ4v) is 1.90. The number of rotatable bonds is 2. The molecule has 6 nitrogen and oxygen atoms in total. The van der Waals surface area contributed by atoms with Gasteiger partial charge in [-0.1, -0.05) is 12.1 Å². The molecule has 0 atom stereocenters. The number of fused-ring (bicyclic) bond motifs is 1. The molecule has 2 aromatic heterocycles. The highest BCUT2D eigenvalue weighted by molar-refractivity contribution is 5.92. The van der Waals surface area contributed by atoms with Gasteiger partial charge in [0.05, 0.1) is 24.4 Å². The zero-order valence-corrected chi connectivity index (χ0v) is 9.71. The number of anilines is 1. The Morgan fingerprint density at radius 2 is 2.06 bits per heavy atom. The Morgan fingerprint density at radius 3 is 2.89 bits per heavy atom. The van der Waals surface area contributed by atoms with Crippen molar-refractivity contribution in [2.75, 3.05) is 12.8 Å². The Kier molecular flexibility index (Phi) is 2.33. The Labute approximate surface area is 103 Å². The number of hydrogen-bond acceptors (Lipinski definition) is 5. The summed E-state index contributed by atoms with van der Waals surface area (Å²) in [6.07, 6.45) is 1.68. The highest BCUT2D eigenvalue weighted by Gasteiger charge is 2.13. The van der Waals surface area contributed by atoms with Crippen molar-refractivity contribution in [2.24, 2.45) is 0 Å². The van der Waals surface area contributed by atoms with E-state index in [-0.39, 0.29) is 5.95 Å². The summed E-state index contributed by atoms with van der Waals surface area (Å²) >= 11 is 0. The fraction of sp³-hybridized carbons (Fsp3) is 0.0833. The summed E-state index contributed by atoms with van der Waals surface area (Å²) in [5.41, 5.74) is 7.89. The van der Waals surface area contributed by atoms with Crippen molar-refractivity contribution in [1.82, 2.24) is 20.2 Å². The van der Waals surface area contributed by atoms with Crippen LogP contribution in [0.15, 0.2) is 30.5 Å². The smallest absolute Gasteiger partial charge is 0.222 e. The van der Waals surface area contributed by atoms with E-state index in [2.05, 4.69) is 20.2 Å². The lowest BCUT2D eigenvalue weighted by molar-refractivity contribution is 0.416. The van der Waals surface area contributed by atoms with E-state index < -0.39 is 0 Å². The molecule has 90 valence electrons. The number of hydrogen-bond donors (Lipinski definition) is 2. The number of methoxy groups -OCH3 is 1. The van der Waals surface area contributed by atoms with Crippen LogP contribution in [0.1, 0.15) is 0 Å². The number of benzene rings is 1. The minimum Gasteiger partial charge on any atom is -0.496 e. The standard InChI is InChI=1S/C12H11N5O/c1-18-9-5-3-2-4-7(9)10-8-6-14-17-11(8)16-12(13)15-10/h2-6H,1H3,(H3,13,14,15,16,17). The van der Waals surface area contributed by atoms with E-state index in [1.165, 1.54) is 0 Å². The van der Waals surface area contributed by atoms with E-state index in [1.54, 1.807) is 13.3 Å². The molecule has 0 fully saturated rings. The van der Waals surface area contributed by atoms with Crippen molar-refractivity contribution in [3.8, 4) is 17.0 Å². The maximum absolute atomic E-state index is 5.70. The second-order valence-electron chi connectivity index (χ2n) is 3.76. The number of para-hydroxylation sites is 1. The van der Waals surface area contributed by atoms with Gasteiger partial charge < -0.3 is 10.5 Å². The van der Waals surface area contributed by atoms with E-state index in [1.807, 2.05) is 24.3 Å². The third-order valence-corrected chi connectivity index (χ3v) is 2.69. The molecule has 0 saturated carbocycles. The average molecular weight is 241 g/mol. The first-order valence-corrected chi connectivity index (χ1v) is 5.39. The normalized spacial score (nSPS) is 10.7. The molecule has 0 saturated heterocycles. The first-order chi connectivity index (χ1) is 8.79. The molecule has 0 radical (unpaired) electrons. The number of aromatic nitrogens is 4. The van der Waals surface area contributed by atoms with Gasteiger partial charge in [0.25, 0.3) is 0 Å². The van der Waals surface area contributed by atoms with Crippen LogP contribution in [0.25, 0.3) is 22.3 Å². The molecule has 3 rings (SSSR count). The molecule has 0 aliphatic rings. The Morgan fingerprint density at radius 1 is 1.22 bits per heavy atom. The molecule has 18 heavy (non-hydrogen) atoms. The number of ether oxygens (including phenoxy) is 1. The first kappa shape index (κ1) is 10.5. The van der Waals surface area contributed by atoms with Gasteiger partial charge >= 0.3 is 0 Å². The topological polar surface area (TPSA) is 89.7 Å². The van der Waals surface area contributed by atoms with E-state index in [0.717, 1.165) is 16.7 Å². The summed E-state index contributed by atoms with van der Waals surface area (Å²) in [7, 11) is 1.62. The summed E-state index contributed by atoms with van der Waals surface area (Å²) < 4.78 is 5.33. The second-order valence-corrected chi connectivity index (χ2v) is 3.76. The maximum atomic E-state index is 5.70. The second kappa shape index (κ2) is 3.99. The Bertz CT molecular complexity index is 707. The molecule has 1 aromatic carbocycles. The van der Waals surface area contributed by atoms with E-state index in [4.69, 9.17) is 10.5 Å². The van der Waals surface area contributed by atoms with E-state index >= 15 is 0 Å². The summed E-state index contributed by atoms with van der Waals surface area (Å²) in [6, 6.07) is 7.62. The van der Waals surface area contributed by atoms with Crippen LogP contribution in [0.4, 0.5) is 5.95 Å². The molecule has 0 bridgehead atoms. The molecule has 3 N–H and O–H groups in total. The lowest BCUT2D eigenvalue weighted by Crippen LogP contribution is -1.98. The van der Waals surface area contributed by atoms with E-state index in [9.17, 15) is 0 Å². The molecule has 0 spiro atoms. The number of nitrogens with two attached hydrogens (primary N) is 1. The van der Waals surface area contributed by atoms with Crippen molar-refractivity contribution < 1.29 is 4.74 Å². The molecule has 3 aromatic rings. The van der Waals surface area contributed by atoms with Crippen molar-refractivity contribution in [2.45, 2.75) is 0 Å². The van der Waals surface area contributed by atoms with Crippen LogP contribution >= 0.6 is 0 Å². The number of H-pyrrole nitrogens is 1. The fourth-order valence-electron chi connectivity index (χ4n) is 1.90. The van der Waals surface area contributed by atoms with Gasteiger partial charge in [-0.25, -0.2) is 4.98 Å². The van der Waals surface area contributed by atoms with Gasteiger partial charge in [-0.3, -0.25) is 5.10 Å². The third-order valence-electron chi connectivity index (χ3n) is 2.69. The maximum Gasteiger partial charge on any atom is 0.222 e. The quantitative estimate of drug-likeness (QED) is 0.711. The number of nitrogens with zero attached hydrogens (tertiary/aromatic N) is 3. The summed E-state index contributed by atoms with van der Waals surface area (Å²) in [5, 5.41) is 7.56. The minimum atomic E-state index is 0.202. The van der Waals surface area contributed by atoms with Crippen LogP contribution < -0.4 is 10.5 Å². The van der Waals surface area contributed by atoms with Crippen LogP contribution in [0.2, 0.25) is 0 Å². The Hall–Kier alpha value is -2.63. The van der Waals surface area contributed by atoms with Gasteiger partial charge in [-0.2, -0.15) is 10.1 Å². The molecular formula is C12H11N5O. The highest BCUT2D eigenvalue weighted by Crippen LogP contribution is 2.32. The Balaban J connectivity index is 2.34. The number of nitrogens with one attached hydrogen (secondary N) is 1. The van der Waals surface area contributed by atoms with Gasteiger partial charge in [-0.05, 0) is 12.1 Å². The molecule has 2 heterocycles. The third kappa shape index (κ3) is 1.55. The minimum absolute atomic E-state index is 0.202. The lowest BCUT2D eigenvalue weighted by atomic mass is 10.1. The van der Waals surface area contributed by atoms with Crippen LogP contribution in [-0.2, 0) is 0 Å². The molecule has 0 amide bonds. The SMILES string of the molecule is COc1ccccc1-c1nc(N)nc2[nH]ncc12. The van der Waals surface area contributed by atoms with Crippen LogP contribution in [0.3, 0.4) is 0 Å².